The second-order valence-electron chi connectivity index (χ2n) is 8.15. The summed E-state index contributed by atoms with van der Waals surface area (Å²) in [6, 6.07) is 15.5. The third-order valence-corrected chi connectivity index (χ3v) is 6.99. The van der Waals surface area contributed by atoms with Crippen LogP contribution in [-0.4, -0.2) is 32.4 Å². The molecule has 1 saturated carbocycles. The maximum atomic E-state index is 13.1. The SMILES string of the molecule is COc1ccccc1NS(=O)(=O)c1cc(NC(=O)c2ccc(NC3CC3)c([N+](=O)[O-])c2)ccc1C. The van der Waals surface area contributed by atoms with Crippen LogP contribution in [0, 0.1) is 17.0 Å². The minimum atomic E-state index is -4.01. The van der Waals surface area contributed by atoms with E-state index < -0.39 is 20.9 Å². The maximum absolute atomic E-state index is 13.1. The van der Waals surface area contributed by atoms with Crippen molar-refractivity contribution >= 4 is 38.7 Å². The lowest BCUT2D eigenvalue weighted by Crippen LogP contribution is -2.17. The molecule has 1 fully saturated rings. The molecular formula is C24H24N4O6S. The van der Waals surface area contributed by atoms with Crippen LogP contribution in [0.2, 0.25) is 0 Å². The molecule has 3 N–H and O–H groups in total. The summed E-state index contributed by atoms with van der Waals surface area (Å²) in [5.74, 6) is -0.240. The number of anilines is 3. The Bertz CT molecular complexity index is 1400. The van der Waals surface area contributed by atoms with Crippen molar-refractivity contribution in [2.75, 3.05) is 22.5 Å². The van der Waals surface area contributed by atoms with Crippen molar-refractivity contribution in [3.63, 3.8) is 0 Å². The second-order valence-corrected chi connectivity index (χ2v) is 9.80. The highest BCUT2D eigenvalue weighted by molar-refractivity contribution is 7.92. The van der Waals surface area contributed by atoms with Crippen molar-refractivity contribution < 1.29 is 22.9 Å². The van der Waals surface area contributed by atoms with E-state index >= 15 is 0 Å². The van der Waals surface area contributed by atoms with E-state index in [0.717, 1.165) is 12.8 Å². The Morgan fingerprint density at radius 3 is 2.49 bits per heavy atom. The molecule has 0 aromatic heterocycles. The van der Waals surface area contributed by atoms with E-state index in [4.69, 9.17) is 4.74 Å². The number of hydrogen-bond acceptors (Lipinski definition) is 7. The molecule has 11 heteroatoms. The van der Waals surface area contributed by atoms with Gasteiger partial charge >= 0.3 is 0 Å². The number of nitrogens with one attached hydrogen (secondary N) is 3. The summed E-state index contributed by atoms with van der Waals surface area (Å²) in [5, 5.41) is 17.2. The number of para-hydroxylation sites is 2. The fraction of sp³-hybridized carbons (Fsp3) is 0.208. The first kappa shape index (κ1) is 24.0. The van der Waals surface area contributed by atoms with E-state index in [2.05, 4.69) is 15.4 Å². The fourth-order valence-corrected chi connectivity index (χ4v) is 4.84. The van der Waals surface area contributed by atoms with Gasteiger partial charge in [0.15, 0.2) is 0 Å². The van der Waals surface area contributed by atoms with E-state index in [1.54, 1.807) is 43.3 Å². The van der Waals surface area contributed by atoms with Gasteiger partial charge in [-0.15, -0.1) is 0 Å². The number of aryl methyl sites for hydroxylation is 1. The second kappa shape index (κ2) is 9.63. The molecule has 10 nitrogen and oxygen atoms in total. The number of hydrogen-bond donors (Lipinski definition) is 3. The number of ether oxygens (including phenoxy) is 1. The number of rotatable bonds is 9. The maximum Gasteiger partial charge on any atom is 0.293 e. The number of nitro groups is 1. The molecule has 1 aliphatic carbocycles. The van der Waals surface area contributed by atoms with Gasteiger partial charge in [0.05, 0.1) is 22.6 Å². The Morgan fingerprint density at radius 1 is 1.06 bits per heavy atom. The molecule has 0 spiro atoms. The summed E-state index contributed by atoms with van der Waals surface area (Å²) in [6.07, 6.45) is 1.90. The number of nitrogens with zero attached hydrogens (tertiary/aromatic N) is 1. The standard InChI is InChI=1S/C24H24N4O6S/c1-15-7-9-18(14-23(15)35(32,33)27-20-5-3-4-6-22(20)34-2)26-24(29)16-8-12-19(25-17-10-11-17)21(13-16)28(30)31/h3-9,12-14,17,25,27H,10-11H2,1-2H3,(H,26,29). The highest BCUT2D eigenvalue weighted by Crippen LogP contribution is 2.32. The number of methoxy groups -OCH3 is 1. The molecule has 0 heterocycles. The Hall–Kier alpha value is -4.12. The lowest BCUT2D eigenvalue weighted by molar-refractivity contribution is -0.384. The average molecular weight is 497 g/mol. The molecule has 3 aromatic carbocycles. The van der Waals surface area contributed by atoms with Crippen LogP contribution in [0.15, 0.2) is 65.6 Å². The van der Waals surface area contributed by atoms with Gasteiger partial charge in [-0.3, -0.25) is 19.6 Å². The van der Waals surface area contributed by atoms with Crippen molar-refractivity contribution in [3.05, 3.63) is 81.9 Å². The summed E-state index contributed by atoms with van der Waals surface area (Å²) in [7, 11) is -2.57. The summed E-state index contributed by atoms with van der Waals surface area (Å²) in [6.45, 7) is 1.64. The molecule has 1 amide bonds. The van der Waals surface area contributed by atoms with E-state index in [-0.39, 0.29) is 33.6 Å². The zero-order chi connectivity index (χ0) is 25.2. The zero-order valence-corrected chi connectivity index (χ0v) is 19.9. The largest absolute Gasteiger partial charge is 0.495 e. The molecule has 0 saturated heterocycles. The summed E-state index contributed by atoms with van der Waals surface area (Å²) in [5.41, 5.74) is 1.21. The topological polar surface area (TPSA) is 140 Å². The van der Waals surface area contributed by atoms with Gasteiger partial charge < -0.3 is 15.4 Å². The third-order valence-electron chi connectivity index (χ3n) is 5.48. The predicted molar refractivity (Wildman–Crippen MR) is 133 cm³/mol. The molecule has 0 radical (unpaired) electrons. The lowest BCUT2D eigenvalue weighted by Gasteiger charge is -2.14. The van der Waals surface area contributed by atoms with Gasteiger partial charge in [0.1, 0.15) is 11.4 Å². The van der Waals surface area contributed by atoms with Crippen molar-refractivity contribution in [1.82, 2.24) is 0 Å². The molecule has 0 unspecified atom stereocenters. The molecular weight excluding hydrogens is 472 g/mol. The zero-order valence-electron chi connectivity index (χ0n) is 19.1. The first-order chi connectivity index (χ1) is 16.7. The highest BCUT2D eigenvalue weighted by Gasteiger charge is 2.26. The van der Waals surface area contributed by atoms with Crippen LogP contribution in [0.5, 0.6) is 5.75 Å². The van der Waals surface area contributed by atoms with E-state index in [9.17, 15) is 23.3 Å². The normalized spacial score (nSPS) is 13.1. The number of benzene rings is 3. The lowest BCUT2D eigenvalue weighted by atomic mass is 10.1. The molecule has 0 aliphatic heterocycles. The van der Waals surface area contributed by atoms with Gasteiger partial charge in [-0.2, -0.15) is 0 Å². The first-order valence-corrected chi connectivity index (χ1v) is 12.3. The number of amides is 1. The Kier molecular flexibility index (Phi) is 6.61. The van der Waals surface area contributed by atoms with Crippen LogP contribution in [-0.2, 0) is 10.0 Å². The fourth-order valence-electron chi connectivity index (χ4n) is 3.49. The minimum absolute atomic E-state index is 0.0313. The number of nitro benzene ring substituents is 1. The van der Waals surface area contributed by atoms with Gasteiger partial charge in [0.25, 0.3) is 21.6 Å². The van der Waals surface area contributed by atoms with Crippen LogP contribution in [0.4, 0.5) is 22.7 Å². The third kappa shape index (κ3) is 5.52. The van der Waals surface area contributed by atoms with Crippen LogP contribution < -0.4 is 20.1 Å². The summed E-state index contributed by atoms with van der Waals surface area (Å²) in [4.78, 5) is 23.7. The molecule has 1 aliphatic rings. The minimum Gasteiger partial charge on any atom is -0.495 e. The van der Waals surface area contributed by atoms with Crippen LogP contribution in [0.25, 0.3) is 0 Å². The molecule has 4 rings (SSSR count). The average Bonchev–Trinajstić information content (AvgIpc) is 3.64. The predicted octanol–water partition coefficient (Wildman–Crippen LogP) is 4.54. The van der Waals surface area contributed by atoms with Gasteiger partial charge in [-0.05, 0) is 61.7 Å². The highest BCUT2D eigenvalue weighted by atomic mass is 32.2. The number of carbonyl (C=O) groups excluding carboxylic acids is 1. The van der Waals surface area contributed by atoms with Gasteiger partial charge in [0, 0.05) is 23.4 Å². The smallest absolute Gasteiger partial charge is 0.293 e. The van der Waals surface area contributed by atoms with Crippen molar-refractivity contribution in [2.24, 2.45) is 0 Å². The van der Waals surface area contributed by atoms with Crippen molar-refractivity contribution in [2.45, 2.75) is 30.7 Å². The summed E-state index contributed by atoms with van der Waals surface area (Å²) >= 11 is 0. The molecule has 182 valence electrons. The Balaban J connectivity index is 1.57. The number of sulfonamides is 1. The van der Waals surface area contributed by atoms with Gasteiger partial charge in [-0.1, -0.05) is 18.2 Å². The quantitative estimate of drug-likeness (QED) is 0.292. The van der Waals surface area contributed by atoms with E-state index in [0.29, 0.717) is 17.0 Å². The van der Waals surface area contributed by atoms with Crippen molar-refractivity contribution in [1.29, 1.82) is 0 Å². The Morgan fingerprint density at radius 2 is 1.80 bits per heavy atom. The first-order valence-electron chi connectivity index (χ1n) is 10.8. The monoisotopic (exact) mass is 496 g/mol. The van der Waals surface area contributed by atoms with Crippen LogP contribution >= 0.6 is 0 Å². The Labute approximate surface area is 202 Å². The molecule has 35 heavy (non-hydrogen) atoms. The van der Waals surface area contributed by atoms with Gasteiger partial charge in [0.2, 0.25) is 0 Å². The van der Waals surface area contributed by atoms with Crippen molar-refractivity contribution in [3.8, 4) is 5.75 Å². The number of carbonyl (C=O) groups is 1. The molecule has 0 bridgehead atoms. The molecule has 0 atom stereocenters. The van der Waals surface area contributed by atoms with Crippen LogP contribution in [0.1, 0.15) is 28.8 Å². The van der Waals surface area contributed by atoms with Crippen LogP contribution in [0.3, 0.4) is 0 Å². The van der Waals surface area contributed by atoms with E-state index in [1.807, 2.05) is 0 Å². The summed E-state index contributed by atoms with van der Waals surface area (Å²) < 4.78 is 33.9. The molecule has 3 aromatic rings. The van der Waals surface area contributed by atoms with E-state index in [1.165, 1.54) is 31.4 Å². The van der Waals surface area contributed by atoms with Gasteiger partial charge in [-0.25, -0.2) is 8.42 Å².